The molecule has 0 N–H and O–H groups in total. The summed E-state index contributed by atoms with van der Waals surface area (Å²) in [6.45, 7) is 0.124. The molecule has 3 heterocycles. The monoisotopic (exact) mass is 387 g/mol. The second kappa shape index (κ2) is 6.79. The fourth-order valence-electron chi connectivity index (χ4n) is 3.03. The third kappa shape index (κ3) is 3.19. The van der Waals surface area contributed by atoms with E-state index in [1.165, 1.54) is 6.07 Å². The van der Waals surface area contributed by atoms with E-state index in [0.29, 0.717) is 28.4 Å². The van der Waals surface area contributed by atoms with Crippen LogP contribution in [0.1, 0.15) is 26.3 Å². The van der Waals surface area contributed by atoms with Crippen molar-refractivity contribution < 1.29 is 28.5 Å². The zero-order chi connectivity index (χ0) is 19.8. The topological polar surface area (TPSA) is 84.0 Å². The summed E-state index contributed by atoms with van der Waals surface area (Å²) in [5.74, 6) is 1.10. The Morgan fingerprint density at radius 1 is 0.966 bits per heavy atom. The Labute approximate surface area is 165 Å². The van der Waals surface area contributed by atoms with E-state index in [0.717, 1.165) is 5.56 Å². The molecule has 0 amide bonds. The van der Waals surface area contributed by atoms with E-state index in [1.54, 1.807) is 60.9 Å². The number of rotatable bonds is 3. The number of hydrogen-bond acceptors (Lipinski definition) is 7. The standard InChI is InChI=1S/C22H13NO6/c24-21-16-3-2-15(11-18(16)29-20(21)9-13-5-7-23-8-6-13)28-22(25)14-1-4-17-19(10-14)27-12-26-17/h1-11H,12H2. The quantitative estimate of drug-likeness (QED) is 0.385. The van der Waals surface area contributed by atoms with Gasteiger partial charge in [-0.2, -0.15) is 0 Å². The lowest BCUT2D eigenvalue weighted by molar-refractivity contribution is 0.0734. The van der Waals surface area contributed by atoms with E-state index < -0.39 is 5.97 Å². The molecule has 2 aromatic carbocycles. The first-order valence-electron chi connectivity index (χ1n) is 8.77. The molecule has 0 saturated heterocycles. The van der Waals surface area contributed by atoms with Gasteiger partial charge in [-0.1, -0.05) is 0 Å². The molecule has 0 fully saturated rings. The molecule has 3 aromatic rings. The number of aromatic nitrogens is 1. The Morgan fingerprint density at radius 3 is 2.66 bits per heavy atom. The van der Waals surface area contributed by atoms with Crippen molar-refractivity contribution >= 4 is 17.8 Å². The van der Waals surface area contributed by atoms with Gasteiger partial charge in [0.15, 0.2) is 17.3 Å². The summed E-state index contributed by atoms with van der Waals surface area (Å²) in [5, 5.41) is 0. The van der Waals surface area contributed by atoms with E-state index in [2.05, 4.69) is 4.98 Å². The highest BCUT2D eigenvalue weighted by Crippen LogP contribution is 2.36. The number of esters is 1. The van der Waals surface area contributed by atoms with Crippen LogP contribution >= 0.6 is 0 Å². The Morgan fingerprint density at radius 2 is 1.79 bits per heavy atom. The average Bonchev–Trinajstić information content (AvgIpc) is 3.33. The van der Waals surface area contributed by atoms with E-state index in [-0.39, 0.29) is 24.1 Å². The smallest absolute Gasteiger partial charge is 0.343 e. The molecule has 0 unspecified atom stereocenters. The van der Waals surface area contributed by atoms with Crippen molar-refractivity contribution in [2.45, 2.75) is 0 Å². The maximum Gasteiger partial charge on any atom is 0.343 e. The number of pyridine rings is 1. The van der Waals surface area contributed by atoms with Crippen LogP contribution < -0.4 is 18.9 Å². The van der Waals surface area contributed by atoms with E-state index in [9.17, 15) is 9.59 Å². The maximum absolute atomic E-state index is 12.5. The summed E-state index contributed by atoms with van der Waals surface area (Å²) in [6.07, 6.45) is 4.90. The van der Waals surface area contributed by atoms with E-state index in [4.69, 9.17) is 18.9 Å². The van der Waals surface area contributed by atoms with Gasteiger partial charge < -0.3 is 18.9 Å². The predicted octanol–water partition coefficient (Wildman–Crippen LogP) is 3.65. The predicted molar refractivity (Wildman–Crippen MR) is 101 cm³/mol. The number of allylic oxidation sites excluding steroid dienone is 1. The lowest BCUT2D eigenvalue weighted by Gasteiger charge is -2.06. The zero-order valence-electron chi connectivity index (χ0n) is 15.0. The Bertz CT molecular complexity index is 1170. The van der Waals surface area contributed by atoms with Crippen LogP contribution in [0.3, 0.4) is 0 Å². The first-order chi connectivity index (χ1) is 14.2. The van der Waals surface area contributed by atoms with Gasteiger partial charge in [0.05, 0.1) is 11.1 Å². The number of fused-ring (bicyclic) bond motifs is 2. The normalized spacial score (nSPS) is 15.2. The van der Waals surface area contributed by atoms with Crippen molar-refractivity contribution in [1.29, 1.82) is 0 Å². The van der Waals surface area contributed by atoms with Crippen LogP contribution in [0, 0.1) is 0 Å². The van der Waals surface area contributed by atoms with Crippen molar-refractivity contribution in [1.82, 2.24) is 4.98 Å². The highest BCUT2D eigenvalue weighted by Gasteiger charge is 2.28. The fraction of sp³-hybridized carbons (Fsp3) is 0.0455. The Kier molecular flexibility index (Phi) is 3.98. The highest BCUT2D eigenvalue weighted by molar-refractivity contribution is 6.14. The summed E-state index contributed by atoms with van der Waals surface area (Å²) in [4.78, 5) is 28.9. The third-order valence-corrected chi connectivity index (χ3v) is 4.46. The fourth-order valence-corrected chi connectivity index (χ4v) is 3.03. The number of Topliss-reactive ketones (excluding diaryl/α,β-unsaturated/α-hetero) is 1. The number of benzene rings is 2. The molecule has 2 aliphatic rings. The molecule has 0 saturated carbocycles. The minimum atomic E-state index is -0.555. The van der Waals surface area contributed by atoms with E-state index >= 15 is 0 Å². The summed E-state index contributed by atoms with van der Waals surface area (Å²) >= 11 is 0. The summed E-state index contributed by atoms with van der Waals surface area (Å²) in [7, 11) is 0. The van der Waals surface area contributed by atoms with Gasteiger partial charge in [0.2, 0.25) is 12.6 Å². The van der Waals surface area contributed by atoms with Crippen molar-refractivity contribution in [3.8, 4) is 23.0 Å². The molecule has 0 radical (unpaired) electrons. The minimum Gasteiger partial charge on any atom is -0.454 e. The van der Waals surface area contributed by atoms with Gasteiger partial charge in [0.25, 0.3) is 0 Å². The van der Waals surface area contributed by atoms with Crippen molar-refractivity contribution in [2.24, 2.45) is 0 Å². The molecule has 142 valence electrons. The third-order valence-electron chi connectivity index (χ3n) is 4.46. The van der Waals surface area contributed by atoms with Gasteiger partial charge >= 0.3 is 5.97 Å². The van der Waals surface area contributed by atoms with Gasteiger partial charge in [-0.05, 0) is 54.1 Å². The zero-order valence-corrected chi connectivity index (χ0v) is 15.0. The van der Waals surface area contributed by atoms with Gasteiger partial charge in [0.1, 0.15) is 11.5 Å². The minimum absolute atomic E-state index is 0.124. The lowest BCUT2D eigenvalue weighted by Crippen LogP contribution is -2.08. The van der Waals surface area contributed by atoms with Gasteiger partial charge in [-0.3, -0.25) is 9.78 Å². The first-order valence-corrected chi connectivity index (χ1v) is 8.77. The molecule has 1 aromatic heterocycles. The molecule has 0 atom stereocenters. The SMILES string of the molecule is O=C(Oc1ccc2c(c1)OC(=Cc1ccncc1)C2=O)c1ccc2c(c1)OCO2. The molecule has 0 aliphatic carbocycles. The van der Waals surface area contributed by atoms with Crippen LogP contribution in [-0.2, 0) is 0 Å². The number of ketones is 1. The Hall–Kier alpha value is -4.13. The van der Waals surface area contributed by atoms with Gasteiger partial charge in [-0.15, -0.1) is 0 Å². The first kappa shape index (κ1) is 17.0. The molecule has 7 nitrogen and oxygen atoms in total. The number of hydrogen-bond donors (Lipinski definition) is 0. The molecule has 0 bridgehead atoms. The van der Waals surface area contributed by atoms with Crippen LogP contribution in [0.2, 0.25) is 0 Å². The van der Waals surface area contributed by atoms with Crippen LogP contribution in [-0.4, -0.2) is 23.5 Å². The number of nitrogens with zero attached hydrogens (tertiary/aromatic N) is 1. The van der Waals surface area contributed by atoms with Crippen molar-refractivity contribution in [3.63, 3.8) is 0 Å². The molecular formula is C22H13NO6. The summed E-state index contributed by atoms with van der Waals surface area (Å²) in [5.41, 5.74) is 1.53. The molecule has 5 rings (SSSR count). The number of carbonyl (C=O) groups is 2. The lowest BCUT2D eigenvalue weighted by atomic mass is 10.1. The maximum atomic E-state index is 12.5. The molecular weight excluding hydrogens is 374 g/mol. The summed E-state index contributed by atoms with van der Waals surface area (Å²) in [6, 6.07) is 13.0. The van der Waals surface area contributed by atoms with Crippen molar-refractivity contribution in [3.05, 3.63) is 83.4 Å². The Balaban J connectivity index is 1.36. The van der Waals surface area contributed by atoms with Crippen LogP contribution in [0.4, 0.5) is 0 Å². The average molecular weight is 387 g/mol. The highest BCUT2D eigenvalue weighted by atomic mass is 16.7. The van der Waals surface area contributed by atoms with Crippen LogP contribution in [0.25, 0.3) is 6.08 Å². The van der Waals surface area contributed by atoms with Gasteiger partial charge in [-0.25, -0.2) is 4.79 Å². The molecule has 2 aliphatic heterocycles. The molecule has 7 heteroatoms. The van der Waals surface area contributed by atoms with Gasteiger partial charge in [0, 0.05) is 18.5 Å². The second-order valence-corrected chi connectivity index (χ2v) is 6.34. The summed E-state index contributed by atoms with van der Waals surface area (Å²) < 4.78 is 21.6. The van der Waals surface area contributed by atoms with Crippen molar-refractivity contribution in [2.75, 3.05) is 6.79 Å². The molecule has 29 heavy (non-hydrogen) atoms. The second-order valence-electron chi connectivity index (χ2n) is 6.34. The molecule has 0 spiro atoms. The van der Waals surface area contributed by atoms with E-state index in [1.807, 2.05) is 0 Å². The largest absolute Gasteiger partial charge is 0.454 e. The van der Waals surface area contributed by atoms with Crippen LogP contribution in [0.15, 0.2) is 66.7 Å². The number of ether oxygens (including phenoxy) is 4. The van der Waals surface area contributed by atoms with Crippen LogP contribution in [0.5, 0.6) is 23.0 Å². The number of carbonyl (C=O) groups excluding carboxylic acids is 2.